The zero-order valence-electron chi connectivity index (χ0n) is 19.0. The van der Waals surface area contributed by atoms with Crippen LogP contribution in [0.25, 0.3) is 0 Å². The van der Waals surface area contributed by atoms with Gasteiger partial charge in [-0.1, -0.05) is 57.0 Å². The molecular weight excluding hydrogens is 424 g/mol. The van der Waals surface area contributed by atoms with Crippen molar-refractivity contribution in [1.29, 1.82) is 5.41 Å². The molecule has 0 atom stereocenters. The minimum Gasteiger partial charge on any atom is -0.427 e. The molecule has 1 N–H and O–H groups in total. The fourth-order valence-electron chi connectivity index (χ4n) is 3.26. The molecule has 0 heterocycles. The van der Waals surface area contributed by atoms with E-state index in [1.807, 2.05) is 44.2 Å². The summed E-state index contributed by atoms with van der Waals surface area (Å²) >= 11 is 0. The van der Waals surface area contributed by atoms with Gasteiger partial charge in [0.05, 0.1) is 5.75 Å². The molecule has 0 aliphatic carbocycles. The lowest BCUT2D eigenvalue weighted by Crippen LogP contribution is -2.34. The Hall–Kier alpha value is -2.51. The first-order chi connectivity index (χ1) is 15.4. The molecule has 0 aliphatic heterocycles. The first-order valence-corrected chi connectivity index (χ1v) is 12.9. The summed E-state index contributed by atoms with van der Waals surface area (Å²) in [5.41, 5.74) is 2.30. The number of unbranched alkanes of at least 4 members (excludes halogenated alkanes) is 1. The van der Waals surface area contributed by atoms with Crippen LogP contribution in [-0.2, 0) is 21.4 Å². The van der Waals surface area contributed by atoms with Crippen LogP contribution in [0.5, 0.6) is 5.75 Å². The van der Waals surface area contributed by atoms with E-state index in [-0.39, 0.29) is 18.7 Å². The highest BCUT2D eigenvalue weighted by atomic mass is 32.2. The minimum absolute atomic E-state index is 0.111. The number of hydrogen-bond donors (Lipinski definition) is 1. The normalized spacial score (nSPS) is 11.5. The van der Waals surface area contributed by atoms with Crippen molar-refractivity contribution in [3.8, 4) is 5.75 Å². The zero-order valence-corrected chi connectivity index (χ0v) is 19.9. The van der Waals surface area contributed by atoms with Gasteiger partial charge in [0, 0.05) is 25.2 Å². The summed E-state index contributed by atoms with van der Waals surface area (Å²) in [6.45, 7) is 4.56. The van der Waals surface area contributed by atoms with Crippen molar-refractivity contribution in [2.75, 3.05) is 12.3 Å². The van der Waals surface area contributed by atoms with Gasteiger partial charge in [-0.15, -0.1) is 0 Å². The van der Waals surface area contributed by atoms with Crippen LogP contribution >= 0.6 is 0 Å². The third-order valence-corrected chi connectivity index (χ3v) is 6.98. The molecule has 0 aromatic heterocycles. The van der Waals surface area contributed by atoms with Crippen molar-refractivity contribution in [2.45, 2.75) is 58.9 Å². The summed E-state index contributed by atoms with van der Waals surface area (Å²) < 4.78 is 32.4. The number of benzene rings is 2. The van der Waals surface area contributed by atoms with Gasteiger partial charge < -0.3 is 10.1 Å². The fraction of sp³-hybridized carbons (Fsp3) is 0.440. The second kappa shape index (κ2) is 13.1. The third kappa shape index (κ3) is 8.55. The number of carbonyl (C=O) groups is 1. The molecule has 0 amide bonds. The molecule has 0 spiro atoms. The van der Waals surface area contributed by atoms with E-state index in [1.54, 1.807) is 24.3 Å². The van der Waals surface area contributed by atoms with E-state index < -0.39 is 16.0 Å². The third-order valence-electron chi connectivity index (χ3n) is 5.07. The maximum Gasteiger partial charge on any atom is 0.311 e. The number of hydrogen-bond acceptors (Lipinski definition) is 5. The molecule has 0 unspecified atom stereocenters. The lowest BCUT2D eigenvalue weighted by atomic mass is 10.1. The average molecular weight is 459 g/mol. The summed E-state index contributed by atoms with van der Waals surface area (Å²) in [4.78, 5) is 12.3. The Labute approximate surface area is 192 Å². The molecule has 0 fully saturated rings. The zero-order chi connectivity index (χ0) is 23.4. The van der Waals surface area contributed by atoms with Gasteiger partial charge in [-0.25, -0.2) is 8.42 Å². The topological polar surface area (TPSA) is 87.5 Å². The largest absolute Gasteiger partial charge is 0.427 e. The van der Waals surface area contributed by atoms with Crippen LogP contribution in [0, 0.1) is 5.41 Å². The van der Waals surface area contributed by atoms with E-state index in [2.05, 4.69) is 0 Å². The Kier molecular flexibility index (Phi) is 10.6. The van der Waals surface area contributed by atoms with Gasteiger partial charge in [-0.05, 0) is 54.7 Å². The van der Waals surface area contributed by atoms with Crippen molar-refractivity contribution in [3.05, 3.63) is 65.7 Å². The lowest BCUT2D eigenvalue weighted by Gasteiger charge is -2.22. The molecule has 0 radical (unpaired) electrons. The van der Waals surface area contributed by atoms with Crippen molar-refractivity contribution in [2.24, 2.45) is 0 Å². The monoisotopic (exact) mass is 458 g/mol. The summed E-state index contributed by atoms with van der Waals surface area (Å²) in [5.74, 6) is 0.145. The molecule has 32 heavy (non-hydrogen) atoms. The molecule has 174 valence electrons. The van der Waals surface area contributed by atoms with Crippen LogP contribution in [0.1, 0.15) is 63.5 Å². The van der Waals surface area contributed by atoms with Crippen LogP contribution in [-0.4, -0.2) is 36.7 Å². The predicted molar refractivity (Wildman–Crippen MR) is 129 cm³/mol. The first kappa shape index (κ1) is 25.7. The highest BCUT2D eigenvalue weighted by molar-refractivity contribution is 7.89. The molecular formula is C25H34N2O4S. The number of esters is 1. The van der Waals surface area contributed by atoms with E-state index in [9.17, 15) is 13.2 Å². The molecule has 2 aromatic rings. The van der Waals surface area contributed by atoms with Gasteiger partial charge in [-0.2, -0.15) is 4.31 Å². The van der Waals surface area contributed by atoms with Crippen molar-refractivity contribution in [1.82, 2.24) is 4.31 Å². The van der Waals surface area contributed by atoms with Crippen LogP contribution in [0.2, 0.25) is 0 Å². The van der Waals surface area contributed by atoms with Crippen molar-refractivity contribution in [3.63, 3.8) is 0 Å². The van der Waals surface area contributed by atoms with Crippen molar-refractivity contribution >= 4 is 21.7 Å². The molecule has 0 saturated carbocycles. The van der Waals surface area contributed by atoms with E-state index in [0.717, 1.165) is 24.0 Å². The molecule has 0 saturated heterocycles. The van der Waals surface area contributed by atoms with Crippen molar-refractivity contribution < 1.29 is 17.9 Å². The van der Waals surface area contributed by atoms with Crippen LogP contribution < -0.4 is 4.74 Å². The van der Waals surface area contributed by atoms with E-state index in [1.165, 1.54) is 4.31 Å². The Balaban J connectivity index is 1.91. The standard InChI is InChI=1S/C25H34N2O4S/c1-3-5-19-32(29,30)27(20-21-11-7-6-8-12-21)18-9-13-25(28)31-23-16-14-22(15-17-23)24(26)10-4-2/h6-8,11-12,14-17,26H,3-5,9-10,13,18-20H2,1-2H3. The summed E-state index contributed by atoms with van der Waals surface area (Å²) in [6.07, 6.45) is 3.55. The van der Waals surface area contributed by atoms with Gasteiger partial charge >= 0.3 is 5.97 Å². The Morgan fingerprint density at radius 1 is 0.938 bits per heavy atom. The first-order valence-electron chi connectivity index (χ1n) is 11.3. The molecule has 2 aromatic carbocycles. The average Bonchev–Trinajstić information content (AvgIpc) is 2.78. The van der Waals surface area contributed by atoms with Crippen LogP contribution in [0.15, 0.2) is 54.6 Å². The second-order valence-corrected chi connectivity index (χ2v) is 9.91. The Bertz CT molecular complexity index is 957. The SMILES string of the molecule is CCCCS(=O)(=O)N(CCCC(=O)Oc1ccc(C(=N)CCC)cc1)Cc1ccccc1. The number of nitrogens with one attached hydrogen (secondary N) is 1. The number of nitrogens with zero attached hydrogens (tertiary/aromatic N) is 1. The van der Waals surface area contributed by atoms with Crippen LogP contribution in [0.4, 0.5) is 0 Å². The molecule has 0 bridgehead atoms. The van der Waals surface area contributed by atoms with Gasteiger partial charge in [0.25, 0.3) is 0 Å². The molecule has 7 heteroatoms. The predicted octanol–water partition coefficient (Wildman–Crippen LogP) is 5.17. The quantitative estimate of drug-likeness (QED) is 0.240. The van der Waals surface area contributed by atoms with Gasteiger partial charge in [-0.3, -0.25) is 4.79 Å². The number of carbonyl (C=O) groups excluding carboxylic acids is 1. The second-order valence-electron chi connectivity index (χ2n) is 7.82. The summed E-state index contributed by atoms with van der Waals surface area (Å²) in [7, 11) is -3.40. The summed E-state index contributed by atoms with van der Waals surface area (Å²) in [5, 5.41) is 7.98. The van der Waals surface area contributed by atoms with Gasteiger partial charge in [0.1, 0.15) is 5.75 Å². The van der Waals surface area contributed by atoms with E-state index >= 15 is 0 Å². The summed E-state index contributed by atoms with van der Waals surface area (Å²) in [6, 6.07) is 16.4. The number of sulfonamides is 1. The molecule has 6 nitrogen and oxygen atoms in total. The maximum absolute atomic E-state index is 12.8. The molecule has 0 aliphatic rings. The highest BCUT2D eigenvalue weighted by Crippen LogP contribution is 2.16. The number of rotatable bonds is 14. The maximum atomic E-state index is 12.8. The minimum atomic E-state index is -3.40. The van der Waals surface area contributed by atoms with E-state index in [4.69, 9.17) is 10.1 Å². The highest BCUT2D eigenvalue weighted by Gasteiger charge is 2.22. The van der Waals surface area contributed by atoms with Gasteiger partial charge in [0.15, 0.2) is 0 Å². The molecule has 2 rings (SSSR count). The fourth-order valence-corrected chi connectivity index (χ4v) is 4.92. The van der Waals surface area contributed by atoms with E-state index in [0.29, 0.717) is 37.3 Å². The number of ether oxygens (including phenoxy) is 1. The smallest absolute Gasteiger partial charge is 0.311 e. The Morgan fingerprint density at radius 2 is 1.62 bits per heavy atom. The Morgan fingerprint density at radius 3 is 2.25 bits per heavy atom. The lowest BCUT2D eigenvalue weighted by molar-refractivity contribution is -0.134. The van der Waals surface area contributed by atoms with Crippen LogP contribution in [0.3, 0.4) is 0 Å². The van der Waals surface area contributed by atoms with Gasteiger partial charge in [0.2, 0.25) is 10.0 Å².